The van der Waals surface area contributed by atoms with E-state index in [4.69, 9.17) is 0 Å². The van der Waals surface area contributed by atoms with Crippen molar-refractivity contribution in [3.63, 3.8) is 0 Å². The first-order chi connectivity index (χ1) is 12.9. The second kappa shape index (κ2) is 8.03. The molecule has 0 bridgehead atoms. The maximum atomic E-state index is 12.8. The van der Waals surface area contributed by atoms with Gasteiger partial charge in [0.05, 0.1) is 5.39 Å². The molecule has 0 aliphatic heterocycles. The largest absolute Gasteiger partial charge is 0.292 e. The second-order valence-corrected chi connectivity index (χ2v) is 7.80. The summed E-state index contributed by atoms with van der Waals surface area (Å²) < 4.78 is 1.32. The van der Waals surface area contributed by atoms with Crippen LogP contribution in [-0.4, -0.2) is 21.4 Å². The monoisotopic (exact) mass is 368 g/mol. The minimum absolute atomic E-state index is 0.183. The van der Waals surface area contributed by atoms with Crippen molar-refractivity contribution in [2.75, 3.05) is 0 Å². The van der Waals surface area contributed by atoms with Crippen LogP contribution < -0.4 is 11.0 Å². The summed E-state index contributed by atoms with van der Waals surface area (Å²) in [6.45, 7) is 8.86. The molecule has 2 aromatic rings. The Morgan fingerprint density at radius 1 is 1.30 bits per heavy atom. The summed E-state index contributed by atoms with van der Waals surface area (Å²) in [7, 11) is 0. The summed E-state index contributed by atoms with van der Waals surface area (Å²) in [5.74, 6) is 1.10. The zero-order chi connectivity index (χ0) is 19.6. The van der Waals surface area contributed by atoms with E-state index in [1.54, 1.807) is 24.3 Å². The predicted octanol–water partition coefficient (Wildman–Crippen LogP) is 3.59. The van der Waals surface area contributed by atoms with Crippen molar-refractivity contribution in [2.45, 2.75) is 53.5 Å². The van der Waals surface area contributed by atoms with Crippen LogP contribution in [0.2, 0.25) is 0 Å². The van der Waals surface area contributed by atoms with Gasteiger partial charge in [0.2, 0.25) is 0 Å². The Morgan fingerprint density at radius 2 is 2.00 bits per heavy atom. The molecule has 0 unspecified atom stereocenters. The van der Waals surface area contributed by atoms with Crippen molar-refractivity contribution in [3.8, 4) is 0 Å². The van der Waals surface area contributed by atoms with Crippen LogP contribution >= 0.6 is 0 Å². The van der Waals surface area contributed by atoms with Crippen molar-refractivity contribution in [3.05, 3.63) is 40.3 Å². The molecule has 1 N–H and O–H groups in total. The van der Waals surface area contributed by atoms with Crippen molar-refractivity contribution >= 4 is 22.4 Å². The van der Waals surface area contributed by atoms with Crippen molar-refractivity contribution in [1.82, 2.24) is 15.2 Å². The molecule has 3 rings (SSSR count). The summed E-state index contributed by atoms with van der Waals surface area (Å²) in [6, 6.07) is 7.08. The van der Waals surface area contributed by atoms with Crippen molar-refractivity contribution < 1.29 is 4.79 Å². The molecule has 1 heterocycles. The number of aryl methyl sites for hydroxylation is 1. The molecule has 1 amide bonds. The number of aromatic nitrogens is 2. The number of hydrazone groups is 1. The molecule has 6 heteroatoms. The fraction of sp³-hybridized carbons (Fsp3) is 0.524. The van der Waals surface area contributed by atoms with Gasteiger partial charge in [-0.2, -0.15) is 10.2 Å². The molecular formula is C21H28N4O2. The van der Waals surface area contributed by atoms with Gasteiger partial charge in [0, 0.05) is 23.6 Å². The van der Waals surface area contributed by atoms with Crippen LogP contribution in [-0.2, 0) is 6.54 Å². The van der Waals surface area contributed by atoms with Gasteiger partial charge in [-0.25, -0.2) is 10.1 Å². The number of benzene rings is 1. The van der Waals surface area contributed by atoms with E-state index < -0.39 is 0 Å². The molecule has 0 radical (unpaired) electrons. The molecule has 1 fully saturated rings. The highest BCUT2D eigenvalue weighted by Crippen LogP contribution is 2.31. The highest BCUT2D eigenvalue weighted by Gasteiger charge is 2.27. The minimum atomic E-state index is -0.373. The lowest BCUT2D eigenvalue weighted by atomic mass is 9.76. The van der Waals surface area contributed by atoms with E-state index in [-0.39, 0.29) is 17.2 Å². The smallest absolute Gasteiger partial charge is 0.267 e. The standard InChI is InChI=1S/C21H28N4O2/c1-5-25-21(27)17-9-7-6-8-16(17)19(24-25)20(26)23-22-18-12-14(4)10-11-15(18)13(2)3/h6-9,13-15H,5,10-12H2,1-4H3,(H,23,26)/b22-18-/t14-,15+/m1/s1. The first kappa shape index (κ1) is 19.3. The third-order valence-electron chi connectivity index (χ3n) is 5.44. The van der Waals surface area contributed by atoms with Crippen LogP contribution in [0.4, 0.5) is 0 Å². The molecule has 2 atom stereocenters. The third kappa shape index (κ3) is 3.94. The summed E-state index contributed by atoms with van der Waals surface area (Å²) in [5.41, 5.74) is 3.82. The van der Waals surface area contributed by atoms with Gasteiger partial charge in [0.1, 0.15) is 0 Å². The first-order valence-electron chi connectivity index (χ1n) is 9.79. The van der Waals surface area contributed by atoms with Gasteiger partial charge in [-0.15, -0.1) is 0 Å². The van der Waals surface area contributed by atoms with Gasteiger partial charge >= 0.3 is 0 Å². The van der Waals surface area contributed by atoms with E-state index in [2.05, 4.69) is 36.4 Å². The van der Waals surface area contributed by atoms with Crippen LogP contribution in [0, 0.1) is 17.8 Å². The molecule has 1 aliphatic rings. The third-order valence-corrected chi connectivity index (χ3v) is 5.44. The van der Waals surface area contributed by atoms with Crippen molar-refractivity contribution in [1.29, 1.82) is 0 Å². The van der Waals surface area contributed by atoms with E-state index in [1.165, 1.54) is 11.1 Å². The lowest BCUT2D eigenvalue weighted by Crippen LogP contribution is -2.32. The van der Waals surface area contributed by atoms with E-state index in [1.807, 2.05) is 6.92 Å². The summed E-state index contributed by atoms with van der Waals surface area (Å²) in [4.78, 5) is 25.3. The summed E-state index contributed by atoms with van der Waals surface area (Å²) in [6.07, 6.45) is 3.21. The number of rotatable bonds is 4. The molecule has 6 nitrogen and oxygen atoms in total. The minimum Gasteiger partial charge on any atom is -0.267 e. The number of carbonyl (C=O) groups is 1. The Hall–Kier alpha value is -2.50. The normalized spacial score (nSPS) is 21.7. The Bertz CT molecular complexity index is 929. The molecule has 144 valence electrons. The molecule has 0 spiro atoms. The lowest BCUT2D eigenvalue weighted by Gasteiger charge is -2.30. The quantitative estimate of drug-likeness (QED) is 0.838. The molecule has 1 aromatic carbocycles. The van der Waals surface area contributed by atoms with Gasteiger partial charge in [-0.05, 0) is 44.1 Å². The molecule has 27 heavy (non-hydrogen) atoms. The van der Waals surface area contributed by atoms with Gasteiger partial charge in [-0.1, -0.05) is 39.0 Å². The lowest BCUT2D eigenvalue weighted by molar-refractivity contribution is 0.0948. The zero-order valence-electron chi connectivity index (χ0n) is 16.5. The summed E-state index contributed by atoms with van der Waals surface area (Å²) >= 11 is 0. The van der Waals surface area contributed by atoms with Crippen molar-refractivity contribution in [2.24, 2.45) is 22.9 Å². The number of fused-ring (bicyclic) bond motifs is 1. The van der Waals surface area contributed by atoms with Gasteiger partial charge in [0.25, 0.3) is 11.5 Å². The van der Waals surface area contributed by atoms with E-state index in [9.17, 15) is 9.59 Å². The average Bonchev–Trinajstić information content (AvgIpc) is 2.66. The van der Waals surface area contributed by atoms with E-state index in [0.717, 1.165) is 18.6 Å². The summed E-state index contributed by atoms with van der Waals surface area (Å²) in [5, 5.41) is 9.82. The molecular weight excluding hydrogens is 340 g/mol. The highest BCUT2D eigenvalue weighted by atomic mass is 16.2. The van der Waals surface area contributed by atoms with Crippen LogP contribution in [0.5, 0.6) is 0 Å². The number of hydrogen-bond donors (Lipinski definition) is 1. The molecule has 1 aliphatic carbocycles. The van der Waals surface area contributed by atoms with Gasteiger partial charge in [-0.3, -0.25) is 9.59 Å². The molecule has 1 saturated carbocycles. The zero-order valence-corrected chi connectivity index (χ0v) is 16.5. The number of nitrogens with zero attached hydrogens (tertiary/aromatic N) is 3. The van der Waals surface area contributed by atoms with E-state index >= 15 is 0 Å². The maximum Gasteiger partial charge on any atom is 0.292 e. The van der Waals surface area contributed by atoms with Crippen LogP contribution in [0.1, 0.15) is 57.4 Å². The highest BCUT2D eigenvalue weighted by molar-refractivity contribution is 6.05. The number of amides is 1. The van der Waals surface area contributed by atoms with Crippen LogP contribution in [0.25, 0.3) is 10.8 Å². The Kier molecular flexibility index (Phi) is 5.73. The Labute approximate surface area is 159 Å². The SMILES string of the molecule is CCn1nc(C(=O)N/N=C2/C[C@H](C)CC[C@H]2C(C)C)c2ccccc2c1=O. The Morgan fingerprint density at radius 3 is 2.67 bits per heavy atom. The van der Waals surface area contributed by atoms with E-state index in [0.29, 0.717) is 35.1 Å². The fourth-order valence-electron chi connectivity index (χ4n) is 3.88. The molecule has 0 saturated heterocycles. The van der Waals surface area contributed by atoms with Crippen LogP contribution in [0.3, 0.4) is 0 Å². The fourth-order valence-corrected chi connectivity index (χ4v) is 3.88. The topological polar surface area (TPSA) is 76.3 Å². The average molecular weight is 368 g/mol. The predicted molar refractivity (Wildman–Crippen MR) is 108 cm³/mol. The number of nitrogens with one attached hydrogen (secondary N) is 1. The first-order valence-corrected chi connectivity index (χ1v) is 9.79. The van der Waals surface area contributed by atoms with Gasteiger partial charge < -0.3 is 0 Å². The van der Waals surface area contributed by atoms with Crippen LogP contribution in [0.15, 0.2) is 34.2 Å². The van der Waals surface area contributed by atoms with Gasteiger partial charge in [0.15, 0.2) is 5.69 Å². The molecule has 1 aromatic heterocycles. The number of carbonyl (C=O) groups excluding carboxylic acids is 1. The maximum absolute atomic E-state index is 12.8. The second-order valence-electron chi connectivity index (χ2n) is 7.80. The number of hydrogen-bond acceptors (Lipinski definition) is 4. The Balaban J connectivity index is 1.94.